The van der Waals surface area contributed by atoms with E-state index in [1.807, 2.05) is 38.1 Å². The lowest BCUT2D eigenvalue weighted by Crippen LogP contribution is -2.05. The van der Waals surface area contributed by atoms with E-state index >= 15 is 0 Å². The first-order valence-electron chi connectivity index (χ1n) is 8.08. The molecule has 0 heterocycles. The molecule has 2 nitrogen and oxygen atoms in total. The van der Waals surface area contributed by atoms with E-state index in [4.69, 9.17) is 4.74 Å². The molecule has 0 aliphatic rings. The molecular formula is C18H30O2. The molecule has 0 amide bonds. The first-order valence-corrected chi connectivity index (χ1v) is 8.08. The molecular weight excluding hydrogens is 248 g/mol. The highest BCUT2D eigenvalue weighted by atomic mass is 16.5. The number of benzene rings is 1. The Balaban J connectivity index is 2.27. The van der Waals surface area contributed by atoms with Crippen molar-refractivity contribution in [1.29, 1.82) is 0 Å². The van der Waals surface area contributed by atoms with Gasteiger partial charge < -0.3 is 9.84 Å². The molecule has 20 heavy (non-hydrogen) atoms. The van der Waals surface area contributed by atoms with Crippen LogP contribution in [-0.2, 0) is 0 Å². The van der Waals surface area contributed by atoms with Gasteiger partial charge in [0.05, 0.1) is 12.2 Å². The van der Waals surface area contributed by atoms with E-state index in [1.54, 1.807) is 0 Å². The van der Waals surface area contributed by atoms with Crippen molar-refractivity contribution in [3.05, 3.63) is 29.8 Å². The third kappa shape index (κ3) is 6.95. The number of rotatable bonds is 10. The Hall–Kier alpha value is -1.02. The zero-order valence-electron chi connectivity index (χ0n) is 13.3. The second kappa shape index (κ2) is 9.82. The maximum atomic E-state index is 10.2. The molecule has 0 radical (unpaired) electrons. The fourth-order valence-electron chi connectivity index (χ4n) is 2.33. The molecule has 1 aromatic carbocycles. The van der Waals surface area contributed by atoms with E-state index in [0.717, 1.165) is 24.2 Å². The van der Waals surface area contributed by atoms with E-state index in [0.29, 0.717) is 0 Å². The Morgan fingerprint density at radius 2 is 1.55 bits per heavy atom. The van der Waals surface area contributed by atoms with Gasteiger partial charge in [0, 0.05) is 0 Å². The van der Waals surface area contributed by atoms with E-state index in [9.17, 15) is 5.11 Å². The highest BCUT2D eigenvalue weighted by molar-refractivity contribution is 5.28. The Morgan fingerprint density at radius 3 is 2.15 bits per heavy atom. The van der Waals surface area contributed by atoms with E-state index in [1.165, 1.54) is 32.1 Å². The molecule has 1 rings (SSSR count). The Bertz CT molecular complexity index is 343. The molecule has 2 heteroatoms. The SMILES string of the molecule is CCCCCCCCC(O)c1ccc(OC(C)C)cc1. The smallest absolute Gasteiger partial charge is 0.119 e. The Labute approximate surface area is 124 Å². The second-order valence-corrected chi connectivity index (χ2v) is 5.81. The summed E-state index contributed by atoms with van der Waals surface area (Å²) < 4.78 is 5.60. The van der Waals surface area contributed by atoms with Crippen LogP contribution in [0.4, 0.5) is 0 Å². The number of hydrogen-bond acceptors (Lipinski definition) is 2. The first kappa shape index (κ1) is 17.0. The van der Waals surface area contributed by atoms with Gasteiger partial charge in [-0.3, -0.25) is 0 Å². The number of hydrogen-bond donors (Lipinski definition) is 1. The maximum absolute atomic E-state index is 10.2. The highest BCUT2D eigenvalue weighted by Gasteiger charge is 2.07. The van der Waals surface area contributed by atoms with Gasteiger partial charge in [0.15, 0.2) is 0 Å². The van der Waals surface area contributed by atoms with Gasteiger partial charge in [-0.1, -0.05) is 57.6 Å². The van der Waals surface area contributed by atoms with E-state index < -0.39 is 0 Å². The molecule has 1 atom stereocenters. The summed E-state index contributed by atoms with van der Waals surface area (Å²) in [7, 11) is 0. The third-order valence-electron chi connectivity index (χ3n) is 3.47. The minimum atomic E-state index is -0.339. The minimum Gasteiger partial charge on any atom is -0.491 e. The molecule has 0 bridgehead atoms. The standard InChI is InChI=1S/C18H30O2/c1-4-5-6-7-8-9-10-18(19)16-11-13-17(14-12-16)20-15(2)3/h11-15,18-19H,4-10H2,1-3H3. The number of aliphatic hydroxyl groups excluding tert-OH is 1. The summed E-state index contributed by atoms with van der Waals surface area (Å²) >= 11 is 0. The van der Waals surface area contributed by atoms with Crippen molar-refractivity contribution in [1.82, 2.24) is 0 Å². The minimum absolute atomic E-state index is 0.189. The Morgan fingerprint density at radius 1 is 0.950 bits per heavy atom. The van der Waals surface area contributed by atoms with Crippen LogP contribution in [0.1, 0.15) is 77.4 Å². The molecule has 0 aromatic heterocycles. The summed E-state index contributed by atoms with van der Waals surface area (Å²) in [6, 6.07) is 7.83. The molecule has 1 unspecified atom stereocenters. The predicted molar refractivity (Wildman–Crippen MR) is 85.2 cm³/mol. The van der Waals surface area contributed by atoms with Crippen molar-refractivity contribution in [3.63, 3.8) is 0 Å². The van der Waals surface area contributed by atoms with Crippen LogP contribution in [0.25, 0.3) is 0 Å². The van der Waals surface area contributed by atoms with Crippen LogP contribution in [0.3, 0.4) is 0 Å². The first-order chi connectivity index (χ1) is 9.63. The number of unbranched alkanes of at least 4 members (excludes halogenated alkanes) is 5. The van der Waals surface area contributed by atoms with Gasteiger partial charge in [-0.25, -0.2) is 0 Å². The van der Waals surface area contributed by atoms with Gasteiger partial charge in [0.25, 0.3) is 0 Å². The third-order valence-corrected chi connectivity index (χ3v) is 3.47. The fraction of sp³-hybridized carbons (Fsp3) is 0.667. The van der Waals surface area contributed by atoms with Crippen molar-refractivity contribution >= 4 is 0 Å². The lowest BCUT2D eigenvalue weighted by atomic mass is 10.0. The van der Waals surface area contributed by atoms with Gasteiger partial charge in [0.1, 0.15) is 5.75 Å². The Kier molecular flexibility index (Phi) is 8.36. The molecule has 0 saturated heterocycles. The van der Waals surface area contributed by atoms with E-state index in [-0.39, 0.29) is 12.2 Å². The summed E-state index contributed by atoms with van der Waals surface area (Å²) in [5.74, 6) is 0.871. The van der Waals surface area contributed by atoms with Crippen molar-refractivity contribution < 1.29 is 9.84 Å². The van der Waals surface area contributed by atoms with Crippen LogP contribution in [0.5, 0.6) is 5.75 Å². The van der Waals surface area contributed by atoms with Crippen molar-refractivity contribution in [2.45, 2.75) is 77.9 Å². The molecule has 0 spiro atoms. The van der Waals surface area contributed by atoms with Gasteiger partial charge in [-0.2, -0.15) is 0 Å². The van der Waals surface area contributed by atoms with Gasteiger partial charge >= 0.3 is 0 Å². The van der Waals surface area contributed by atoms with Gasteiger partial charge in [-0.05, 0) is 38.0 Å². The molecule has 114 valence electrons. The van der Waals surface area contributed by atoms with Crippen LogP contribution in [-0.4, -0.2) is 11.2 Å². The number of aliphatic hydroxyl groups is 1. The highest BCUT2D eigenvalue weighted by Crippen LogP contribution is 2.23. The summed E-state index contributed by atoms with van der Waals surface area (Å²) in [4.78, 5) is 0. The summed E-state index contributed by atoms with van der Waals surface area (Å²) in [6.45, 7) is 6.26. The van der Waals surface area contributed by atoms with Crippen molar-refractivity contribution in [2.24, 2.45) is 0 Å². The van der Waals surface area contributed by atoms with Crippen LogP contribution >= 0.6 is 0 Å². The second-order valence-electron chi connectivity index (χ2n) is 5.81. The average molecular weight is 278 g/mol. The molecule has 0 fully saturated rings. The molecule has 0 saturated carbocycles. The van der Waals surface area contributed by atoms with Gasteiger partial charge in [0.2, 0.25) is 0 Å². The number of ether oxygens (including phenoxy) is 1. The zero-order valence-corrected chi connectivity index (χ0v) is 13.3. The van der Waals surface area contributed by atoms with Crippen molar-refractivity contribution in [3.8, 4) is 5.75 Å². The van der Waals surface area contributed by atoms with Crippen LogP contribution < -0.4 is 4.74 Å². The normalized spacial score (nSPS) is 12.7. The predicted octanol–water partition coefficient (Wildman–Crippen LogP) is 5.26. The molecule has 0 aliphatic carbocycles. The van der Waals surface area contributed by atoms with Crippen LogP contribution in [0.2, 0.25) is 0 Å². The van der Waals surface area contributed by atoms with Crippen LogP contribution in [0.15, 0.2) is 24.3 Å². The zero-order chi connectivity index (χ0) is 14.8. The fourth-order valence-corrected chi connectivity index (χ4v) is 2.33. The lowest BCUT2D eigenvalue weighted by molar-refractivity contribution is 0.163. The van der Waals surface area contributed by atoms with Crippen molar-refractivity contribution in [2.75, 3.05) is 0 Å². The van der Waals surface area contributed by atoms with E-state index in [2.05, 4.69) is 6.92 Å². The summed E-state index contributed by atoms with van der Waals surface area (Å²) in [5.41, 5.74) is 0.995. The van der Waals surface area contributed by atoms with Gasteiger partial charge in [-0.15, -0.1) is 0 Å². The molecule has 0 aliphatic heterocycles. The lowest BCUT2D eigenvalue weighted by Gasteiger charge is -2.13. The topological polar surface area (TPSA) is 29.5 Å². The quantitative estimate of drug-likeness (QED) is 0.592. The molecule has 1 aromatic rings. The summed E-state index contributed by atoms with van der Waals surface area (Å²) in [5, 5.41) is 10.2. The summed E-state index contributed by atoms with van der Waals surface area (Å²) in [6.07, 6.45) is 8.28. The average Bonchev–Trinajstić information content (AvgIpc) is 2.42. The largest absolute Gasteiger partial charge is 0.491 e. The molecule has 1 N–H and O–H groups in total. The van der Waals surface area contributed by atoms with Crippen LogP contribution in [0, 0.1) is 0 Å². The monoisotopic (exact) mass is 278 g/mol. The maximum Gasteiger partial charge on any atom is 0.119 e.